The summed E-state index contributed by atoms with van der Waals surface area (Å²) in [6, 6.07) is 0. The third-order valence-corrected chi connectivity index (χ3v) is 14.7. The molecule has 0 aliphatic carbocycles. The van der Waals surface area contributed by atoms with E-state index in [1.165, 1.54) is 141 Å². The SMILES string of the molecule is CC/C=C\C/C=C\C/C=C\C/C=C\C/C=C\C/C=C\C/C=C\C/C=C\CCCCCCCCCCC(=O)OC(COC(=O)CCCCCCCCCCCCC/C=C\CCCCCCCCCC)COP(=O)([O-])OCC[N+](C)(C)C. The summed E-state index contributed by atoms with van der Waals surface area (Å²) in [6.07, 6.45) is 84.3. The molecular weight excluding hydrogens is 1010 g/mol. The van der Waals surface area contributed by atoms with Gasteiger partial charge in [-0.2, -0.15) is 0 Å². The predicted octanol–water partition coefficient (Wildman–Crippen LogP) is 20.3. The van der Waals surface area contributed by atoms with Crippen molar-refractivity contribution in [1.29, 1.82) is 0 Å². The quantitative estimate of drug-likeness (QED) is 0.0195. The average molecular weight is 1140 g/mol. The Hall–Kier alpha value is -3.33. The molecule has 0 rings (SSSR count). The van der Waals surface area contributed by atoms with Gasteiger partial charge in [0.2, 0.25) is 0 Å². The molecule has 0 bridgehead atoms. The summed E-state index contributed by atoms with van der Waals surface area (Å²) in [7, 11) is 1.15. The Labute approximate surface area is 493 Å². The second-order valence-electron chi connectivity index (χ2n) is 22.7. The summed E-state index contributed by atoms with van der Waals surface area (Å²) < 4.78 is 34.2. The fourth-order valence-corrected chi connectivity index (χ4v) is 9.51. The maximum absolute atomic E-state index is 12.8. The number of phosphoric acid groups is 1. The van der Waals surface area contributed by atoms with Gasteiger partial charge in [-0.3, -0.25) is 14.2 Å². The van der Waals surface area contributed by atoms with E-state index in [0.29, 0.717) is 17.4 Å². The Morgan fingerprint density at radius 1 is 0.400 bits per heavy atom. The van der Waals surface area contributed by atoms with E-state index in [-0.39, 0.29) is 32.0 Å². The lowest BCUT2D eigenvalue weighted by Gasteiger charge is -2.28. The van der Waals surface area contributed by atoms with E-state index in [0.717, 1.165) is 96.3 Å². The second-order valence-corrected chi connectivity index (χ2v) is 24.2. The highest BCUT2D eigenvalue weighted by atomic mass is 31.2. The molecule has 0 aromatic heterocycles. The minimum atomic E-state index is -4.65. The first kappa shape index (κ1) is 76.7. The molecule has 0 N–H and O–H groups in total. The first-order valence-corrected chi connectivity index (χ1v) is 34.1. The standard InChI is InChI=1S/C70H122NO8P/c1-6-8-10-12-14-16-18-20-22-24-26-28-30-31-32-33-34-35-36-37-38-39-41-43-45-47-49-51-53-55-57-59-61-63-70(73)79-68(67-78-80(74,75)77-65-64-71(3,4)5)66-76-69(72)62-60-58-56-54-52-50-48-46-44-42-40-29-27-25-23-21-19-17-15-13-11-9-7-2/h8,10,14,16,20,22,25-28,31-32,34-35,37-38,41,43,68H,6-7,9,11-13,15,17-19,21,23-24,29-30,33,36,39-40,42,44-67H2,1-5H3/b10-8-,16-14-,22-20-,27-25-,28-26-,32-31-,35-34-,38-37-,43-41-. The number of unbranched alkanes of at least 4 members (excludes halogenated alkanes) is 27. The molecule has 9 nitrogen and oxygen atoms in total. The highest BCUT2D eigenvalue weighted by molar-refractivity contribution is 7.45. The number of phosphoric ester groups is 1. The predicted molar refractivity (Wildman–Crippen MR) is 342 cm³/mol. The van der Waals surface area contributed by atoms with E-state index in [9.17, 15) is 19.0 Å². The molecule has 460 valence electrons. The van der Waals surface area contributed by atoms with Crippen LogP contribution in [0.4, 0.5) is 0 Å². The van der Waals surface area contributed by atoms with Crippen LogP contribution in [-0.4, -0.2) is 70.0 Å². The largest absolute Gasteiger partial charge is 0.756 e. The molecule has 0 saturated heterocycles. The maximum Gasteiger partial charge on any atom is 0.306 e. The number of carbonyl (C=O) groups is 2. The number of esters is 2. The number of ether oxygens (including phenoxy) is 2. The summed E-state index contributed by atoms with van der Waals surface area (Å²) in [5.41, 5.74) is 0. The fraction of sp³-hybridized carbons (Fsp3) is 0.714. The average Bonchev–Trinajstić information content (AvgIpc) is 3.42. The van der Waals surface area contributed by atoms with Crippen molar-refractivity contribution in [3.05, 3.63) is 109 Å². The number of carbonyl (C=O) groups excluding carboxylic acids is 2. The minimum absolute atomic E-state index is 0.0372. The summed E-state index contributed by atoms with van der Waals surface area (Å²) in [4.78, 5) is 38.0. The molecule has 0 aromatic carbocycles. The fourth-order valence-electron chi connectivity index (χ4n) is 8.79. The molecule has 0 aliphatic heterocycles. The van der Waals surface area contributed by atoms with Crippen LogP contribution >= 0.6 is 7.82 Å². The number of hydrogen-bond acceptors (Lipinski definition) is 8. The molecule has 0 radical (unpaired) electrons. The maximum atomic E-state index is 12.8. The van der Waals surface area contributed by atoms with E-state index < -0.39 is 26.5 Å². The molecule has 10 heteroatoms. The van der Waals surface area contributed by atoms with Crippen molar-refractivity contribution in [2.24, 2.45) is 0 Å². The Morgan fingerprint density at radius 3 is 1.07 bits per heavy atom. The summed E-state index contributed by atoms with van der Waals surface area (Å²) in [5.74, 6) is -0.843. The van der Waals surface area contributed by atoms with Crippen molar-refractivity contribution in [3.8, 4) is 0 Å². The van der Waals surface area contributed by atoms with Gasteiger partial charge < -0.3 is 27.9 Å². The molecule has 0 aliphatic rings. The van der Waals surface area contributed by atoms with Gasteiger partial charge in [0.15, 0.2) is 6.10 Å². The lowest BCUT2D eigenvalue weighted by molar-refractivity contribution is -0.870. The summed E-state index contributed by atoms with van der Waals surface area (Å²) in [5, 5.41) is 0. The first-order valence-electron chi connectivity index (χ1n) is 32.6. The van der Waals surface area contributed by atoms with Gasteiger partial charge in [-0.1, -0.05) is 264 Å². The summed E-state index contributed by atoms with van der Waals surface area (Å²) >= 11 is 0. The van der Waals surface area contributed by atoms with E-state index in [1.807, 2.05) is 21.1 Å². The monoisotopic (exact) mass is 1140 g/mol. The molecule has 0 amide bonds. The molecule has 2 unspecified atom stereocenters. The number of nitrogens with zero attached hydrogens (tertiary/aromatic N) is 1. The van der Waals surface area contributed by atoms with Crippen molar-refractivity contribution in [3.63, 3.8) is 0 Å². The van der Waals surface area contributed by atoms with Crippen LogP contribution in [0.2, 0.25) is 0 Å². The summed E-state index contributed by atoms with van der Waals surface area (Å²) in [6.45, 7) is 4.13. The van der Waals surface area contributed by atoms with E-state index in [1.54, 1.807) is 0 Å². The van der Waals surface area contributed by atoms with Gasteiger partial charge in [0.1, 0.15) is 19.8 Å². The van der Waals surface area contributed by atoms with Gasteiger partial charge in [-0.05, 0) is 103 Å². The van der Waals surface area contributed by atoms with Gasteiger partial charge in [0, 0.05) is 12.8 Å². The number of quaternary nitrogens is 1. The van der Waals surface area contributed by atoms with Gasteiger partial charge in [-0.25, -0.2) is 0 Å². The Morgan fingerprint density at radius 2 is 0.713 bits per heavy atom. The van der Waals surface area contributed by atoms with Crippen molar-refractivity contribution < 1.29 is 42.1 Å². The molecule has 80 heavy (non-hydrogen) atoms. The Bertz CT molecular complexity index is 1720. The van der Waals surface area contributed by atoms with Crippen LogP contribution in [0.15, 0.2) is 109 Å². The molecule has 0 saturated carbocycles. The first-order chi connectivity index (χ1) is 39.0. The molecule has 0 fully saturated rings. The zero-order valence-corrected chi connectivity index (χ0v) is 53.1. The second kappa shape index (κ2) is 60.3. The van der Waals surface area contributed by atoms with E-state index in [2.05, 4.69) is 123 Å². The number of allylic oxidation sites excluding steroid dienone is 18. The third-order valence-electron chi connectivity index (χ3n) is 13.8. The molecule has 0 spiro atoms. The zero-order valence-electron chi connectivity index (χ0n) is 52.2. The molecule has 0 heterocycles. The molecular formula is C70H122NO8P. The zero-order chi connectivity index (χ0) is 58.4. The molecule has 0 aromatic rings. The topological polar surface area (TPSA) is 111 Å². The lowest BCUT2D eigenvalue weighted by atomic mass is 10.0. The van der Waals surface area contributed by atoms with Crippen LogP contribution in [0.25, 0.3) is 0 Å². The highest BCUT2D eigenvalue weighted by Gasteiger charge is 2.22. The number of rotatable bonds is 59. The Kier molecular flexibility index (Phi) is 57.8. The van der Waals surface area contributed by atoms with Gasteiger partial charge in [0.05, 0.1) is 27.7 Å². The van der Waals surface area contributed by atoms with Gasteiger partial charge in [-0.15, -0.1) is 0 Å². The highest BCUT2D eigenvalue weighted by Crippen LogP contribution is 2.38. The molecule has 2 atom stereocenters. The van der Waals surface area contributed by atoms with Crippen LogP contribution in [-0.2, 0) is 32.7 Å². The van der Waals surface area contributed by atoms with Crippen LogP contribution in [0.5, 0.6) is 0 Å². The number of likely N-dealkylation sites (N-methyl/N-ethyl adjacent to an activating group) is 1. The van der Waals surface area contributed by atoms with Crippen LogP contribution in [0, 0.1) is 0 Å². The van der Waals surface area contributed by atoms with Crippen molar-refractivity contribution in [2.75, 3.05) is 47.5 Å². The number of hydrogen-bond donors (Lipinski definition) is 0. The van der Waals surface area contributed by atoms with Crippen molar-refractivity contribution in [1.82, 2.24) is 0 Å². The third kappa shape index (κ3) is 63.8. The smallest absolute Gasteiger partial charge is 0.306 e. The van der Waals surface area contributed by atoms with Crippen LogP contribution in [0.1, 0.15) is 271 Å². The Balaban J connectivity index is 4.15. The lowest BCUT2D eigenvalue weighted by Crippen LogP contribution is -2.37. The van der Waals surface area contributed by atoms with E-state index >= 15 is 0 Å². The van der Waals surface area contributed by atoms with Crippen LogP contribution < -0.4 is 4.89 Å². The van der Waals surface area contributed by atoms with Gasteiger partial charge in [0.25, 0.3) is 7.82 Å². The van der Waals surface area contributed by atoms with Crippen molar-refractivity contribution >= 4 is 19.8 Å². The minimum Gasteiger partial charge on any atom is -0.756 e. The van der Waals surface area contributed by atoms with Crippen LogP contribution in [0.3, 0.4) is 0 Å². The van der Waals surface area contributed by atoms with E-state index in [4.69, 9.17) is 18.5 Å². The van der Waals surface area contributed by atoms with Crippen molar-refractivity contribution in [2.45, 2.75) is 277 Å². The normalized spacial score (nSPS) is 13.9. The van der Waals surface area contributed by atoms with Gasteiger partial charge >= 0.3 is 11.9 Å².